The molecular weight excluding hydrogens is 264 g/mol. The molecule has 0 saturated carbocycles. The van der Waals surface area contributed by atoms with Crippen LogP contribution in [0.4, 0.5) is 0 Å². The van der Waals surface area contributed by atoms with E-state index in [0.29, 0.717) is 0 Å². The summed E-state index contributed by atoms with van der Waals surface area (Å²) in [5.41, 5.74) is 1.24. The molecule has 4 aromatic rings. The second kappa shape index (κ2) is 4.69. The number of hydrogen-bond acceptors (Lipinski definition) is 3. The Hall–Kier alpha value is -2.26. The van der Waals surface area contributed by atoms with Gasteiger partial charge in [-0.05, 0) is 11.6 Å². The van der Waals surface area contributed by atoms with Crippen LogP contribution in [0, 0.1) is 0 Å². The maximum Gasteiger partial charge on any atom is 0.134 e. The van der Waals surface area contributed by atoms with E-state index >= 15 is 0 Å². The summed E-state index contributed by atoms with van der Waals surface area (Å²) in [6.07, 6.45) is 2.74. The second-order valence-corrected chi connectivity index (χ2v) is 5.80. The van der Waals surface area contributed by atoms with E-state index in [9.17, 15) is 0 Å². The van der Waals surface area contributed by atoms with Gasteiger partial charge in [-0.15, -0.1) is 11.3 Å². The highest BCUT2D eigenvalue weighted by Gasteiger charge is 2.07. The molecule has 0 saturated heterocycles. The lowest BCUT2D eigenvalue weighted by molar-refractivity contribution is 0.997. The zero-order valence-corrected chi connectivity index (χ0v) is 11.6. The summed E-state index contributed by atoms with van der Waals surface area (Å²) in [5.74, 6) is 0.884. The fraction of sp³-hybridized carbons (Fsp3) is 0.0588. The lowest BCUT2D eigenvalue weighted by atomic mass is 10.1. The minimum Gasteiger partial charge on any atom is -0.240 e. The average Bonchev–Trinajstić information content (AvgIpc) is 2.86. The van der Waals surface area contributed by atoms with Gasteiger partial charge in [0.1, 0.15) is 10.7 Å². The molecule has 0 radical (unpaired) electrons. The van der Waals surface area contributed by atoms with Crippen LogP contribution in [-0.4, -0.2) is 9.97 Å². The SMILES string of the molecule is c1ccc(Cc2ncc3c(n2)sc2ccccc23)cc1. The molecule has 2 heterocycles. The summed E-state index contributed by atoms with van der Waals surface area (Å²) >= 11 is 1.74. The van der Waals surface area contributed by atoms with Gasteiger partial charge in [0.15, 0.2) is 0 Å². The summed E-state index contributed by atoms with van der Waals surface area (Å²) in [6.45, 7) is 0. The molecule has 0 N–H and O–H groups in total. The van der Waals surface area contributed by atoms with Crippen LogP contribution in [0.3, 0.4) is 0 Å². The zero-order chi connectivity index (χ0) is 13.4. The molecule has 0 amide bonds. The van der Waals surface area contributed by atoms with Gasteiger partial charge in [-0.2, -0.15) is 0 Å². The van der Waals surface area contributed by atoms with Gasteiger partial charge in [0.25, 0.3) is 0 Å². The molecule has 3 heteroatoms. The smallest absolute Gasteiger partial charge is 0.134 e. The maximum absolute atomic E-state index is 4.72. The highest BCUT2D eigenvalue weighted by atomic mass is 32.1. The predicted octanol–water partition coefficient (Wildman–Crippen LogP) is 4.44. The van der Waals surface area contributed by atoms with Crippen LogP contribution in [0.1, 0.15) is 11.4 Å². The molecule has 0 aliphatic rings. The number of thiophene rings is 1. The Labute approximate surface area is 120 Å². The third-order valence-corrected chi connectivity index (χ3v) is 4.47. The van der Waals surface area contributed by atoms with Gasteiger partial charge in [0.05, 0.1) is 0 Å². The fourth-order valence-electron chi connectivity index (χ4n) is 2.41. The second-order valence-electron chi connectivity index (χ2n) is 4.77. The number of nitrogens with zero attached hydrogens (tertiary/aromatic N) is 2. The van der Waals surface area contributed by atoms with E-state index in [1.807, 2.05) is 24.4 Å². The first-order valence-electron chi connectivity index (χ1n) is 6.57. The number of aromatic nitrogens is 2. The quantitative estimate of drug-likeness (QED) is 0.541. The number of fused-ring (bicyclic) bond motifs is 3. The lowest BCUT2D eigenvalue weighted by Crippen LogP contribution is -1.95. The van der Waals surface area contributed by atoms with Crippen LogP contribution >= 0.6 is 11.3 Å². The summed E-state index contributed by atoms with van der Waals surface area (Å²) in [6, 6.07) is 18.7. The Morgan fingerprint density at radius 3 is 2.55 bits per heavy atom. The lowest BCUT2D eigenvalue weighted by Gasteiger charge is -2.00. The highest BCUT2D eigenvalue weighted by Crippen LogP contribution is 2.31. The van der Waals surface area contributed by atoms with Crippen molar-refractivity contribution in [1.82, 2.24) is 9.97 Å². The van der Waals surface area contributed by atoms with Crippen LogP contribution in [0.15, 0.2) is 60.8 Å². The maximum atomic E-state index is 4.72. The zero-order valence-electron chi connectivity index (χ0n) is 10.8. The normalized spacial score (nSPS) is 11.2. The number of benzene rings is 2. The van der Waals surface area contributed by atoms with E-state index in [1.165, 1.54) is 15.6 Å². The molecule has 0 spiro atoms. The molecule has 0 atom stereocenters. The van der Waals surface area contributed by atoms with Crippen LogP contribution in [0.5, 0.6) is 0 Å². The first kappa shape index (κ1) is 11.6. The monoisotopic (exact) mass is 276 g/mol. The Morgan fingerprint density at radius 2 is 1.65 bits per heavy atom. The Morgan fingerprint density at radius 1 is 0.850 bits per heavy atom. The topological polar surface area (TPSA) is 25.8 Å². The van der Waals surface area contributed by atoms with Gasteiger partial charge in [-0.1, -0.05) is 48.5 Å². The molecular formula is C17H12N2S. The van der Waals surface area contributed by atoms with Crippen molar-refractivity contribution in [1.29, 1.82) is 0 Å². The molecule has 20 heavy (non-hydrogen) atoms. The van der Waals surface area contributed by atoms with Crippen molar-refractivity contribution in [2.75, 3.05) is 0 Å². The van der Waals surface area contributed by atoms with Gasteiger partial charge in [-0.25, -0.2) is 9.97 Å². The van der Waals surface area contributed by atoms with E-state index in [-0.39, 0.29) is 0 Å². The van der Waals surface area contributed by atoms with Crippen molar-refractivity contribution in [2.45, 2.75) is 6.42 Å². The summed E-state index contributed by atoms with van der Waals surface area (Å²) in [7, 11) is 0. The summed E-state index contributed by atoms with van der Waals surface area (Å²) in [4.78, 5) is 10.3. The molecule has 2 aromatic heterocycles. The van der Waals surface area contributed by atoms with Crippen LogP contribution in [0.25, 0.3) is 20.3 Å². The van der Waals surface area contributed by atoms with Gasteiger partial charge < -0.3 is 0 Å². The van der Waals surface area contributed by atoms with Crippen molar-refractivity contribution in [3.8, 4) is 0 Å². The van der Waals surface area contributed by atoms with Gasteiger partial charge >= 0.3 is 0 Å². The minimum absolute atomic E-state index is 0.783. The number of rotatable bonds is 2. The van der Waals surface area contributed by atoms with Crippen molar-refractivity contribution in [3.05, 3.63) is 72.2 Å². The van der Waals surface area contributed by atoms with Gasteiger partial charge in [-0.3, -0.25) is 0 Å². The van der Waals surface area contributed by atoms with E-state index in [2.05, 4.69) is 41.4 Å². The fourth-order valence-corrected chi connectivity index (χ4v) is 3.48. The minimum atomic E-state index is 0.783. The Balaban J connectivity index is 1.81. The highest BCUT2D eigenvalue weighted by molar-refractivity contribution is 7.25. The van der Waals surface area contributed by atoms with Crippen molar-refractivity contribution < 1.29 is 0 Å². The molecule has 2 nitrogen and oxygen atoms in total. The van der Waals surface area contributed by atoms with Crippen LogP contribution in [-0.2, 0) is 6.42 Å². The standard InChI is InChI=1S/C17H12N2S/c1-2-6-12(7-3-1)10-16-18-11-14-13-8-4-5-9-15(13)20-17(14)19-16/h1-9,11H,10H2. The van der Waals surface area contributed by atoms with Crippen molar-refractivity contribution in [2.24, 2.45) is 0 Å². The molecule has 2 aromatic carbocycles. The van der Waals surface area contributed by atoms with Gasteiger partial charge in [0.2, 0.25) is 0 Å². The first-order chi connectivity index (χ1) is 9.90. The first-order valence-corrected chi connectivity index (χ1v) is 7.39. The Kier molecular flexibility index (Phi) is 2.71. The third kappa shape index (κ3) is 1.96. The van der Waals surface area contributed by atoms with E-state index in [4.69, 9.17) is 4.98 Å². The summed E-state index contributed by atoms with van der Waals surface area (Å²) < 4.78 is 1.27. The average molecular weight is 276 g/mol. The van der Waals surface area contributed by atoms with Crippen molar-refractivity contribution >= 4 is 31.6 Å². The van der Waals surface area contributed by atoms with E-state index in [1.54, 1.807) is 11.3 Å². The molecule has 4 rings (SSSR count). The predicted molar refractivity (Wildman–Crippen MR) is 84.2 cm³/mol. The van der Waals surface area contributed by atoms with Gasteiger partial charge in [0, 0.05) is 28.1 Å². The van der Waals surface area contributed by atoms with E-state index < -0.39 is 0 Å². The largest absolute Gasteiger partial charge is 0.240 e. The van der Waals surface area contributed by atoms with Crippen LogP contribution in [0.2, 0.25) is 0 Å². The molecule has 0 aliphatic heterocycles. The van der Waals surface area contributed by atoms with E-state index in [0.717, 1.165) is 22.5 Å². The van der Waals surface area contributed by atoms with Crippen molar-refractivity contribution in [3.63, 3.8) is 0 Å². The summed E-state index contributed by atoms with van der Waals surface area (Å²) in [5, 5.41) is 2.40. The molecule has 0 aliphatic carbocycles. The molecule has 0 bridgehead atoms. The Bertz CT molecular complexity index is 881. The molecule has 0 fully saturated rings. The number of hydrogen-bond donors (Lipinski definition) is 0. The van der Waals surface area contributed by atoms with Crippen LogP contribution < -0.4 is 0 Å². The molecule has 0 unspecified atom stereocenters. The third-order valence-electron chi connectivity index (χ3n) is 3.39. The molecule has 96 valence electrons.